The van der Waals surface area contributed by atoms with E-state index in [1.54, 1.807) is 0 Å². The zero-order chi connectivity index (χ0) is 13.0. The predicted molar refractivity (Wildman–Crippen MR) is 76.5 cm³/mol. The van der Waals surface area contributed by atoms with E-state index in [2.05, 4.69) is 21.2 Å². The molecule has 1 heterocycles. The number of hydrogen-bond acceptors (Lipinski definition) is 2. The van der Waals surface area contributed by atoms with Gasteiger partial charge in [0.15, 0.2) is 0 Å². The molecule has 0 spiro atoms. The summed E-state index contributed by atoms with van der Waals surface area (Å²) in [6.45, 7) is 1.75. The Kier molecular flexibility index (Phi) is 4.78. The van der Waals surface area contributed by atoms with Crippen LogP contribution in [-0.4, -0.2) is 37.0 Å². The fraction of sp³-hybridized carbons (Fsp3) is 0.500. The molecular formula is C14H19BrN2O. The first-order valence-corrected chi connectivity index (χ1v) is 7.18. The second kappa shape index (κ2) is 6.34. The normalized spacial score (nSPS) is 16.9. The number of nitrogens with zero attached hydrogens (tertiary/aromatic N) is 1. The number of nitrogens with one attached hydrogen (secondary N) is 1. The Balaban J connectivity index is 1.89. The second-order valence-electron chi connectivity index (χ2n) is 4.75. The third kappa shape index (κ3) is 3.56. The van der Waals surface area contributed by atoms with E-state index < -0.39 is 0 Å². The van der Waals surface area contributed by atoms with Gasteiger partial charge in [0.2, 0.25) is 5.91 Å². The highest BCUT2D eigenvalue weighted by atomic mass is 79.9. The van der Waals surface area contributed by atoms with Gasteiger partial charge in [0, 0.05) is 23.6 Å². The lowest BCUT2D eigenvalue weighted by Gasteiger charge is -2.31. The van der Waals surface area contributed by atoms with Crippen molar-refractivity contribution in [3.63, 3.8) is 0 Å². The smallest absolute Gasteiger partial charge is 0.226 e. The molecule has 1 aromatic carbocycles. The van der Waals surface area contributed by atoms with E-state index in [1.807, 2.05) is 36.2 Å². The maximum atomic E-state index is 12.2. The van der Waals surface area contributed by atoms with Crippen molar-refractivity contribution in [3.8, 4) is 0 Å². The number of carbonyl (C=O) groups is 1. The highest BCUT2D eigenvalue weighted by Gasteiger charge is 2.21. The van der Waals surface area contributed by atoms with Gasteiger partial charge in [0.05, 0.1) is 6.42 Å². The van der Waals surface area contributed by atoms with E-state index in [4.69, 9.17) is 0 Å². The molecule has 0 saturated carbocycles. The van der Waals surface area contributed by atoms with Gasteiger partial charge in [-0.2, -0.15) is 0 Å². The summed E-state index contributed by atoms with van der Waals surface area (Å²) in [5.74, 6) is 0.239. The summed E-state index contributed by atoms with van der Waals surface area (Å²) >= 11 is 3.43. The molecular weight excluding hydrogens is 292 g/mol. The highest BCUT2D eigenvalue weighted by Crippen LogP contribution is 2.15. The van der Waals surface area contributed by atoms with Crippen molar-refractivity contribution < 1.29 is 4.79 Å². The summed E-state index contributed by atoms with van der Waals surface area (Å²) in [7, 11) is 1.99. The molecule has 0 radical (unpaired) electrons. The van der Waals surface area contributed by atoms with Gasteiger partial charge in [0.1, 0.15) is 0 Å². The first kappa shape index (κ1) is 13.6. The topological polar surface area (TPSA) is 32.3 Å². The van der Waals surface area contributed by atoms with Gasteiger partial charge in [-0.3, -0.25) is 4.79 Å². The number of benzene rings is 1. The van der Waals surface area contributed by atoms with Crippen LogP contribution in [0.4, 0.5) is 0 Å². The standard InChI is InChI=1S/C14H19BrN2O/c1-16-13-5-7-17(8-6-13)14(18)10-11-3-2-4-12(15)9-11/h2-4,9,13,16H,5-8,10H2,1H3. The predicted octanol–water partition coefficient (Wildman–Crippen LogP) is 2.20. The minimum atomic E-state index is 0.239. The zero-order valence-corrected chi connectivity index (χ0v) is 12.2. The quantitative estimate of drug-likeness (QED) is 0.928. The number of halogens is 1. The number of hydrogen-bond donors (Lipinski definition) is 1. The summed E-state index contributed by atoms with van der Waals surface area (Å²) in [4.78, 5) is 14.1. The number of carbonyl (C=O) groups excluding carboxylic acids is 1. The monoisotopic (exact) mass is 310 g/mol. The molecule has 0 atom stereocenters. The van der Waals surface area contributed by atoms with Crippen molar-refractivity contribution in [2.45, 2.75) is 25.3 Å². The largest absolute Gasteiger partial charge is 0.342 e. The van der Waals surface area contributed by atoms with Gasteiger partial charge in [-0.05, 0) is 37.6 Å². The number of amides is 1. The first-order chi connectivity index (χ1) is 8.69. The van der Waals surface area contributed by atoms with Crippen LogP contribution in [0.15, 0.2) is 28.7 Å². The van der Waals surface area contributed by atoms with E-state index in [1.165, 1.54) is 0 Å². The molecule has 2 rings (SSSR count). The van der Waals surface area contributed by atoms with E-state index in [9.17, 15) is 4.79 Å². The molecule has 0 bridgehead atoms. The van der Waals surface area contributed by atoms with Crippen LogP contribution in [0.1, 0.15) is 18.4 Å². The Morgan fingerprint density at radius 3 is 2.78 bits per heavy atom. The highest BCUT2D eigenvalue weighted by molar-refractivity contribution is 9.10. The minimum Gasteiger partial charge on any atom is -0.342 e. The molecule has 1 aromatic rings. The van der Waals surface area contributed by atoms with Gasteiger partial charge >= 0.3 is 0 Å². The van der Waals surface area contributed by atoms with Gasteiger partial charge in [-0.15, -0.1) is 0 Å². The van der Waals surface area contributed by atoms with E-state index in [-0.39, 0.29) is 5.91 Å². The molecule has 0 unspecified atom stereocenters. The Bertz CT molecular complexity index is 414. The lowest BCUT2D eigenvalue weighted by Crippen LogP contribution is -2.44. The number of likely N-dealkylation sites (tertiary alicyclic amines) is 1. The summed E-state index contributed by atoms with van der Waals surface area (Å²) in [5.41, 5.74) is 1.07. The average Bonchev–Trinajstić information content (AvgIpc) is 2.39. The molecule has 1 saturated heterocycles. The van der Waals surface area contributed by atoms with Crippen molar-refractivity contribution in [1.82, 2.24) is 10.2 Å². The van der Waals surface area contributed by atoms with Crippen molar-refractivity contribution in [1.29, 1.82) is 0 Å². The zero-order valence-electron chi connectivity index (χ0n) is 10.7. The summed E-state index contributed by atoms with van der Waals surface area (Å²) in [5, 5.41) is 3.28. The molecule has 1 fully saturated rings. The van der Waals surface area contributed by atoms with Gasteiger partial charge < -0.3 is 10.2 Å². The van der Waals surface area contributed by atoms with Gasteiger partial charge in [0.25, 0.3) is 0 Å². The SMILES string of the molecule is CNC1CCN(C(=O)Cc2cccc(Br)c2)CC1. The summed E-state index contributed by atoms with van der Waals surface area (Å²) < 4.78 is 1.03. The van der Waals surface area contributed by atoms with Crippen molar-refractivity contribution in [2.24, 2.45) is 0 Å². The third-order valence-corrected chi connectivity index (χ3v) is 3.99. The molecule has 3 nitrogen and oxygen atoms in total. The molecule has 1 aliphatic heterocycles. The molecule has 1 amide bonds. The van der Waals surface area contributed by atoms with Crippen molar-refractivity contribution >= 4 is 21.8 Å². The fourth-order valence-corrected chi connectivity index (χ4v) is 2.80. The second-order valence-corrected chi connectivity index (χ2v) is 5.67. The minimum absolute atomic E-state index is 0.239. The van der Waals surface area contributed by atoms with Crippen LogP contribution >= 0.6 is 15.9 Å². The first-order valence-electron chi connectivity index (χ1n) is 6.38. The molecule has 98 valence electrons. The molecule has 1 N–H and O–H groups in total. The van der Waals surface area contributed by atoms with Crippen LogP contribution in [0, 0.1) is 0 Å². The molecule has 0 aliphatic carbocycles. The average molecular weight is 311 g/mol. The van der Waals surface area contributed by atoms with Crippen LogP contribution in [0.25, 0.3) is 0 Å². The Morgan fingerprint density at radius 1 is 1.44 bits per heavy atom. The molecule has 0 aromatic heterocycles. The Labute approximate surface area is 117 Å². The van der Waals surface area contributed by atoms with Crippen LogP contribution in [0.2, 0.25) is 0 Å². The van der Waals surface area contributed by atoms with Crippen molar-refractivity contribution in [2.75, 3.05) is 20.1 Å². The molecule has 1 aliphatic rings. The van der Waals surface area contributed by atoms with Crippen molar-refractivity contribution in [3.05, 3.63) is 34.3 Å². The van der Waals surface area contributed by atoms with Gasteiger partial charge in [-0.1, -0.05) is 28.1 Å². The van der Waals surface area contributed by atoms with Gasteiger partial charge in [-0.25, -0.2) is 0 Å². The maximum Gasteiger partial charge on any atom is 0.226 e. The number of piperidine rings is 1. The van der Waals surface area contributed by atoms with Crippen LogP contribution < -0.4 is 5.32 Å². The van der Waals surface area contributed by atoms with Crippen LogP contribution in [0.3, 0.4) is 0 Å². The fourth-order valence-electron chi connectivity index (χ4n) is 2.35. The van der Waals surface area contributed by atoms with E-state index in [0.29, 0.717) is 12.5 Å². The Hall–Kier alpha value is -0.870. The van der Waals surface area contributed by atoms with E-state index in [0.717, 1.165) is 36.0 Å². The summed E-state index contributed by atoms with van der Waals surface area (Å²) in [6.07, 6.45) is 2.62. The van der Waals surface area contributed by atoms with Crippen LogP contribution in [-0.2, 0) is 11.2 Å². The van der Waals surface area contributed by atoms with E-state index >= 15 is 0 Å². The third-order valence-electron chi connectivity index (χ3n) is 3.50. The van der Waals surface area contributed by atoms with Crippen LogP contribution in [0.5, 0.6) is 0 Å². The maximum absolute atomic E-state index is 12.2. The number of rotatable bonds is 3. The summed E-state index contributed by atoms with van der Waals surface area (Å²) in [6, 6.07) is 8.54. The molecule has 4 heteroatoms. The Morgan fingerprint density at radius 2 is 2.17 bits per heavy atom. The lowest BCUT2D eigenvalue weighted by molar-refractivity contribution is -0.131. The lowest BCUT2D eigenvalue weighted by atomic mass is 10.0. The molecule has 18 heavy (non-hydrogen) atoms.